The number of hydrazone groups is 1. The van der Waals surface area contributed by atoms with Gasteiger partial charge in [-0.05, 0) is 24.0 Å². The van der Waals surface area contributed by atoms with Gasteiger partial charge < -0.3 is 10.3 Å². The Morgan fingerprint density at radius 2 is 1.97 bits per heavy atom. The van der Waals surface area contributed by atoms with E-state index >= 15 is 0 Å². The monoisotopic (exact) mass is 395 g/mol. The fourth-order valence-corrected chi connectivity index (χ4v) is 3.15. The van der Waals surface area contributed by atoms with Crippen molar-refractivity contribution in [1.82, 2.24) is 20.3 Å². The van der Waals surface area contributed by atoms with Crippen LogP contribution in [0, 0.1) is 5.92 Å². The average molecular weight is 395 g/mol. The predicted molar refractivity (Wildman–Crippen MR) is 110 cm³/mol. The molecule has 1 aliphatic heterocycles. The van der Waals surface area contributed by atoms with Gasteiger partial charge in [-0.1, -0.05) is 44.2 Å². The normalized spacial score (nSPS) is 14.1. The Bertz CT molecular complexity index is 966. The van der Waals surface area contributed by atoms with Crippen molar-refractivity contribution >= 4 is 17.5 Å². The van der Waals surface area contributed by atoms with Crippen molar-refractivity contribution in [2.24, 2.45) is 11.0 Å². The molecule has 2 N–H and O–H groups in total. The highest BCUT2D eigenvalue weighted by Gasteiger charge is 2.21. The number of aromatic amines is 1. The number of carbonyl (C=O) groups excluding carboxylic acids is 2. The lowest BCUT2D eigenvalue weighted by Gasteiger charge is -2.23. The molecule has 29 heavy (non-hydrogen) atoms. The highest BCUT2D eigenvalue weighted by Crippen LogP contribution is 2.14. The molecule has 0 fully saturated rings. The number of nitrogens with zero attached hydrogens (tertiary/aromatic N) is 3. The molecule has 2 heterocycles. The van der Waals surface area contributed by atoms with Crippen LogP contribution in [-0.2, 0) is 11.2 Å². The Morgan fingerprint density at radius 3 is 2.69 bits per heavy atom. The number of carbonyl (C=O) groups is 2. The van der Waals surface area contributed by atoms with Crippen LogP contribution < -0.4 is 11.0 Å². The van der Waals surface area contributed by atoms with Gasteiger partial charge in [0.1, 0.15) is 5.69 Å². The maximum Gasteiger partial charge on any atom is 0.345 e. The van der Waals surface area contributed by atoms with Crippen LogP contribution in [-0.4, -0.2) is 45.6 Å². The third-order valence-electron chi connectivity index (χ3n) is 4.48. The molecule has 1 aromatic carbocycles. The summed E-state index contributed by atoms with van der Waals surface area (Å²) in [4.78, 5) is 42.6. The van der Waals surface area contributed by atoms with E-state index in [2.05, 4.69) is 20.4 Å². The molecule has 2 aromatic rings. The van der Waals surface area contributed by atoms with E-state index in [1.165, 1.54) is 5.01 Å². The molecule has 152 valence electrons. The molecule has 1 aromatic heterocycles. The number of aromatic nitrogens is 2. The Morgan fingerprint density at radius 1 is 1.21 bits per heavy atom. The van der Waals surface area contributed by atoms with Crippen molar-refractivity contribution in [1.29, 1.82) is 0 Å². The van der Waals surface area contributed by atoms with E-state index in [-0.39, 0.29) is 24.7 Å². The maximum absolute atomic E-state index is 12.4. The van der Waals surface area contributed by atoms with E-state index in [0.717, 1.165) is 11.3 Å². The van der Waals surface area contributed by atoms with Gasteiger partial charge in [0.05, 0.1) is 12.3 Å². The minimum atomic E-state index is -0.545. The lowest BCUT2D eigenvalue weighted by Crippen LogP contribution is -2.39. The fraction of sp³-hybridized carbons (Fsp3) is 0.381. The number of hydrogen-bond acceptors (Lipinski definition) is 5. The summed E-state index contributed by atoms with van der Waals surface area (Å²) in [7, 11) is 0. The molecule has 8 heteroatoms. The summed E-state index contributed by atoms with van der Waals surface area (Å²) in [5.41, 5.74) is 2.04. The molecular formula is C21H25N5O3. The zero-order valence-corrected chi connectivity index (χ0v) is 16.6. The van der Waals surface area contributed by atoms with Crippen molar-refractivity contribution in [3.05, 3.63) is 63.8 Å². The average Bonchev–Trinajstić information content (AvgIpc) is 2.69. The standard InChI is InChI=1S/C21H25N5O3/c1-14(2)12-16-13-18(24-21(29)23-16)20(28)22-10-11-26-19(27)9-8-17(25-26)15-6-4-3-5-7-15/h3-7,13-14H,8-12H2,1-2H3,(H,22,28)(H,23,24,29). The molecule has 0 saturated heterocycles. The van der Waals surface area contributed by atoms with Crippen LogP contribution >= 0.6 is 0 Å². The van der Waals surface area contributed by atoms with E-state index in [4.69, 9.17) is 0 Å². The Kier molecular flexibility index (Phi) is 6.54. The van der Waals surface area contributed by atoms with Crippen LogP contribution in [0.3, 0.4) is 0 Å². The van der Waals surface area contributed by atoms with Crippen LogP contribution in [0.2, 0.25) is 0 Å². The van der Waals surface area contributed by atoms with Gasteiger partial charge in [-0.2, -0.15) is 10.1 Å². The topological polar surface area (TPSA) is 108 Å². The van der Waals surface area contributed by atoms with Crippen LogP contribution in [0.15, 0.2) is 46.3 Å². The van der Waals surface area contributed by atoms with Gasteiger partial charge in [-0.3, -0.25) is 9.59 Å². The lowest BCUT2D eigenvalue weighted by atomic mass is 10.0. The molecule has 0 spiro atoms. The first-order valence-corrected chi connectivity index (χ1v) is 9.74. The molecule has 0 bridgehead atoms. The Labute approximate surface area is 169 Å². The Hall–Kier alpha value is -3.29. The highest BCUT2D eigenvalue weighted by atomic mass is 16.2. The summed E-state index contributed by atoms with van der Waals surface area (Å²) >= 11 is 0. The van der Waals surface area contributed by atoms with Crippen molar-refractivity contribution in [3.8, 4) is 0 Å². The molecule has 8 nitrogen and oxygen atoms in total. The van der Waals surface area contributed by atoms with Crippen LogP contribution in [0.1, 0.15) is 48.4 Å². The number of benzene rings is 1. The SMILES string of the molecule is CC(C)Cc1cc(C(=O)NCCN2N=C(c3ccccc3)CCC2=O)nc(=O)[nH]1. The van der Waals surface area contributed by atoms with Crippen molar-refractivity contribution in [2.75, 3.05) is 13.1 Å². The fourth-order valence-electron chi connectivity index (χ4n) is 3.15. The Balaban J connectivity index is 1.61. The van der Waals surface area contributed by atoms with Gasteiger partial charge in [0.25, 0.3) is 5.91 Å². The first-order chi connectivity index (χ1) is 13.9. The van der Waals surface area contributed by atoms with E-state index in [0.29, 0.717) is 30.9 Å². The second-order valence-electron chi connectivity index (χ2n) is 7.38. The zero-order valence-electron chi connectivity index (χ0n) is 16.6. The lowest BCUT2D eigenvalue weighted by molar-refractivity contribution is -0.131. The first kappa shape index (κ1) is 20.4. The van der Waals surface area contributed by atoms with Crippen molar-refractivity contribution < 1.29 is 9.59 Å². The molecule has 0 unspecified atom stereocenters. The maximum atomic E-state index is 12.4. The number of amides is 2. The molecule has 1 aliphatic rings. The summed E-state index contributed by atoms with van der Waals surface area (Å²) in [6.45, 7) is 4.52. The van der Waals surface area contributed by atoms with Crippen molar-refractivity contribution in [2.45, 2.75) is 33.1 Å². The van der Waals surface area contributed by atoms with Crippen LogP contribution in [0.25, 0.3) is 0 Å². The molecule has 2 amide bonds. The van der Waals surface area contributed by atoms with Gasteiger partial charge in [-0.25, -0.2) is 9.80 Å². The minimum absolute atomic E-state index is 0.0721. The predicted octanol–water partition coefficient (Wildman–Crippen LogP) is 1.72. The third kappa shape index (κ3) is 5.60. The summed E-state index contributed by atoms with van der Waals surface area (Å²) in [5.74, 6) is -0.184. The van der Waals surface area contributed by atoms with E-state index in [1.54, 1.807) is 6.07 Å². The van der Waals surface area contributed by atoms with Gasteiger partial charge in [0, 0.05) is 25.1 Å². The molecule has 3 rings (SSSR count). The molecule has 0 saturated carbocycles. The number of hydrogen-bond donors (Lipinski definition) is 2. The minimum Gasteiger partial charge on any atom is -0.349 e. The molecule has 0 atom stereocenters. The second kappa shape index (κ2) is 9.27. The van der Waals surface area contributed by atoms with Crippen LogP contribution in [0.5, 0.6) is 0 Å². The molecular weight excluding hydrogens is 370 g/mol. The van der Waals surface area contributed by atoms with E-state index < -0.39 is 11.6 Å². The van der Waals surface area contributed by atoms with Gasteiger partial charge in [-0.15, -0.1) is 0 Å². The largest absolute Gasteiger partial charge is 0.349 e. The van der Waals surface area contributed by atoms with Crippen LogP contribution in [0.4, 0.5) is 0 Å². The van der Waals surface area contributed by atoms with E-state index in [1.807, 2.05) is 44.2 Å². The summed E-state index contributed by atoms with van der Waals surface area (Å²) < 4.78 is 0. The highest BCUT2D eigenvalue weighted by molar-refractivity contribution is 6.04. The van der Waals surface area contributed by atoms with Gasteiger partial charge >= 0.3 is 5.69 Å². The smallest absolute Gasteiger partial charge is 0.345 e. The number of H-pyrrole nitrogens is 1. The third-order valence-corrected chi connectivity index (χ3v) is 4.48. The van der Waals surface area contributed by atoms with Gasteiger partial charge in [0.15, 0.2) is 0 Å². The van der Waals surface area contributed by atoms with Gasteiger partial charge in [0.2, 0.25) is 5.91 Å². The summed E-state index contributed by atoms with van der Waals surface area (Å²) in [5, 5.41) is 8.54. The van der Waals surface area contributed by atoms with E-state index in [9.17, 15) is 14.4 Å². The first-order valence-electron chi connectivity index (χ1n) is 9.74. The van der Waals surface area contributed by atoms with Crippen molar-refractivity contribution in [3.63, 3.8) is 0 Å². The molecule has 0 aliphatic carbocycles. The number of nitrogens with one attached hydrogen (secondary N) is 2. The molecule has 0 radical (unpaired) electrons. The summed E-state index contributed by atoms with van der Waals surface area (Å²) in [6, 6.07) is 11.3. The summed E-state index contributed by atoms with van der Waals surface area (Å²) in [6.07, 6.45) is 1.63. The quantitative estimate of drug-likeness (QED) is 0.744. The zero-order chi connectivity index (χ0) is 20.8. The number of rotatable bonds is 7. The second-order valence-corrected chi connectivity index (χ2v) is 7.38.